The van der Waals surface area contributed by atoms with Crippen LogP contribution in [0.25, 0.3) is 0 Å². The van der Waals surface area contributed by atoms with Crippen LogP contribution in [0.1, 0.15) is 52.4 Å². The van der Waals surface area contributed by atoms with Gasteiger partial charge in [0.1, 0.15) is 5.82 Å². The van der Waals surface area contributed by atoms with E-state index in [1.54, 1.807) is 6.07 Å². The number of anilines is 1. The molecule has 0 radical (unpaired) electrons. The Bertz CT molecular complexity index is 713. The number of hydrogen-bond acceptors (Lipinski definition) is 3. The predicted molar refractivity (Wildman–Crippen MR) is 112 cm³/mol. The monoisotopic (exact) mass is 464 g/mol. The number of nitrogens with one attached hydrogen (secondary N) is 1. The lowest BCUT2D eigenvalue weighted by atomic mass is 9.99. The summed E-state index contributed by atoms with van der Waals surface area (Å²) < 4.78 is 39.8. The molecule has 0 spiro atoms. The van der Waals surface area contributed by atoms with Crippen LogP contribution in [0, 0.1) is 11.7 Å². The summed E-state index contributed by atoms with van der Waals surface area (Å²) >= 11 is 3.16. The van der Waals surface area contributed by atoms with Crippen molar-refractivity contribution >= 4 is 37.5 Å². The quantitative estimate of drug-likeness (QED) is 0.496. The summed E-state index contributed by atoms with van der Waals surface area (Å²) in [6, 6.07) is 4.23. The predicted octanol–water partition coefficient (Wildman–Crippen LogP) is 4.47. The highest BCUT2D eigenvalue weighted by Crippen LogP contribution is 2.25. The van der Waals surface area contributed by atoms with E-state index in [4.69, 9.17) is 0 Å². The van der Waals surface area contributed by atoms with Gasteiger partial charge in [0.25, 0.3) is 0 Å². The molecule has 8 heteroatoms. The van der Waals surface area contributed by atoms with Gasteiger partial charge >= 0.3 is 0 Å². The van der Waals surface area contributed by atoms with Gasteiger partial charge in [0.05, 0.1) is 11.9 Å². The maximum atomic E-state index is 14.2. The Balaban J connectivity index is 2.58. The number of halogens is 2. The van der Waals surface area contributed by atoms with Crippen molar-refractivity contribution in [2.75, 3.05) is 23.7 Å². The number of rotatable bonds is 12. The van der Waals surface area contributed by atoms with Crippen molar-refractivity contribution in [2.45, 2.75) is 52.4 Å². The SMILES string of the molecule is CCCC[C@@H](CC)CNC(=O)CCCN(c1ccc(Br)cc1F)S(C)(=O)=O. The second-order valence-corrected chi connectivity index (χ2v) is 9.58. The van der Waals surface area contributed by atoms with Gasteiger partial charge in [0, 0.05) is 24.0 Å². The first-order chi connectivity index (χ1) is 12.7. The van der Waals surface area contributed by atoms with E-state index in [0.29, 0.717) is 23.4 Å². The smallest absolute Gasteiger partial charge is 0.232 e. The van der Waals surface area contributed by atoms with Gasteiger partial charge in [0.15, 0.2) is 0 Å². The van der Waals surface area contributed by atoms with Crippen LogP contribution in [0.15, 0.2) is 22.7 Å². The lowest BCUT2D eigenvalue weighted by molar-refractivity contribution is -0.121. The van der Waals surface area contributed by atoms with Gasteiger partial charge < -0.3 is 5.32 Å². The van der Waals surface area contributed by atoms with Gasteiger partial charge in [0.2, 0.25) is 15.9 Å². The number of hydrogen-bond donors (Lipinski definition) is 1. The second kappa shape index (κ2) is 11.6. The van der Waals surface area contributed by atoms with Gasteiger partial charge in [-0.1, -0.05) is 49.0 Å². The van der Waals surface area contributed by atoms with E-state index in [9.17, 15) is 17.6 Å². The van der Waals surface area contributed by atoms with Crippen molar-refractivity contribution in [3.63, 3.8) is 0 Å². The van der Waals surface area contributed by atoms with E-state index < -0.39 is 15.8 Å². The summed E-state index contributed by atoms with van der Waals surface area (Å²) in [5.41, 5.74) is -0.00767. The molecule has 0 aliphatic rings. The van der Waals surface area contributed by atoms with E-state index in [1.807, 2.05) is 0 Å². The van der Waals surface area contributed by atoms with Gasteiger partial charge in [-0.25, -0.2) is 12.8 Å². The van der Waals surface area contributed by atoms with Gasteiger partial charge in [-0.2, -0.15) is 0 Å². The summed E-state index contributed by atoms with van der Waals surface area (Å²) in [5, 5.41) is 2.93. The summed E-state index contributed by atoms with van der Waals surface area (Å²) in [6.45, 7) is 4.96. The third-order valence-corrected chi connectivity index (χ3v) is 6.15. The van der Waals surface area contributed by atoms with Crippen molar-refractivity contribution < 1.29 is 17.6 Å². The van der Waals surface area contributed by atoms with E-state index in [-0.39, 0.29) is 24.6 Å². The zero-order valence-electron chi connectivity index (χ0n) is 16.3. The first-order valence-electron chi connectivity index (χ1n) is 9.38. The number of nitrogens with zero attached hydrogens (tertiary/aromatic N) is 1. The van der Waals surface area contributed by atoms with E-state index in [2.05, 4.69) is 35.1 Å². The van der Waals surface area contributed by atoms with Gasteiger partial charge in [-0.05, 0) is 37.0 Å². The average Bonchev–Trinajstić information content (AvgIpc) is 2.59. The molecule has 1 atom stereocenters. The van der Waals surface area contributed by atoms with Crippen LogP contribution in [-0.4, -0.2) is 33.7 Å². The Morgan fingerprint density at radius 3 is 2.56 bits per heavy atom. The average molecular weight is 465 g/mol. The molecule has 0 bridgehead atoms. The maximum absolute atomic E-state index is 14.2. The molecule has 1 aromatic rings. The molecule has 1 N–H and O–H groups in total. The molecule has 1 rings (SSSR count). The third kappa shape index (κ3) is 8.60. The number of carbonyl (C=O) groups is 1. The molecule has 0 saturated heterocycles. The Morgan fingerprint density at radius 1 is 1.30 bits per heavy atom. The van der Waals surface area contributed by atoms with E-state index in [0.717, 1.165) is 36.2 Å². The Kier molecular flexibility index (Phi) is 10.3. The van der Waals surface area contributed by atoms with Crippen molar-refractivity contribution in [1.82, 2.24) is 5.32 Å². The zero-order valence-corrected chi connectivity index (χ0v) is 18.7. The minimum atomic E-state index is -3.64. The number of unbranched alkanes of at least 4 members (excludes halogenated alkanes) is 1. The number of amides is 1. The number of carbonyl (C=O) groups excluding carboxylic acids is 1. The molecule has 5 nitrogen and oxygen atoms in total. The Labute approximate surface area is 170 Å². The van der Waals surface area contributed by atoms with Crippen LogP contribution in [0.4, 0.5) is 10.1 Å². The lowest BCUT2D eigenvalue weighted by Gasteiger charge is -2.23. The van der Waals surface area contributed by atoms with Crippen molar-refractivity contribution in [3.05, 3.63) is 28.5 Å². The molecule has 0 aliphatic carbocycles. The molecule has 1 aromatic carbocycles. The first kappa shape index (κ1) is 23.9. The summed E-state index contributed by atoms with van der Waals surface area (Å²) in [5.74, 6) is -0.256. The van der Waals surface area contributed by atoms with Crippen LogP contribution < -0.4 is 9.62 Å². The maximum Gasteiger partial charge on any atom is 0.232 e. The second-order valence-electron chi connectivity index (χ2n) is 6.75. The fraction of sp³-hybridized carbons (Fsp3) is 0.632. The molecular weight excluding hydrogens is 435 g/mol. The Morgan fingerprint density at radius 2 is 2.00 bits per heavy atom. The molecule has 0 heterocycles. The summed E-state index contributed by atoms with van der Waals surface area (Å²) in [7, 11) is -3.64. The van der Waals surface area contributed by atoms with Crippen LogP contribution in [0.3, 0.4) is 0 Å². The van der Waals surface area contributed by atoms with Crippen LogP contribution >= 0.6 is 15.9 Å². The van der Waals surface area contributed by atoms with Crippen LogP contribution in [-0.2, 0) is 14.8 Å². The standard InChI is InChI=1S/C19H30BrFN2O3S/c1-4-6-8-15(5-2)14-22-19(24)9-7-12-23(27(3,25)26)18-11-10-16(20)13-17(18)21/h10-11,13,15H,4-9,12,14H2,1-3H3,(H,22,24)/t15-/m1/s1. The number of benzene rings is 1. The van der Waals surface area contributed by atoms with E-state index in [1.165, 1.54) is 12.1 Å². The van der Waals surface area contributed by atoms with Crippen LogP contribution in [0.2, 0.25) is 0 Å². The van der Waals surface area contributed by atoms with Crippen molar-refractivity contribution in [3.8, 4) is 0 Å². The molecule has 27 heavy (non-hydrogen) atoms. The lowest BCUT2D eigenvalue weighted by Crippen LogP contribution is -2.33. The molecule has 1 amide bonds. The van der Waals surface area contributed by atoms with Gasteiger partial charge in [-0.3, -0.25) is 9.10 Å². The van der Waals surface area contributed by atoms with Crippen LogP contribution in [0.5, 0.6) is 0 Å². The van der Waals surface area contributed by atoms with E-state index >= 15 is 0 Å². The minimum Gasteiger partial charge on any atom is -0.356 e. The normalized spacial score (nSPS) is 12.6. The van der Waals surface area contributed by atoms with Crippen molar-refractivity contribution in [1.29, 1.82) is 0 Å². The topological polar surface area (TPSA) is 66.5 Å². The number of sulfonamides is 1. The molecule has 154 valence electrons. The fourth-order valence-corrected chi connectivity index (χ4v) is 4.12. The largest absolute Gasteiger partial charge is 0.356 e. The highest BCUT2D eigenvalue weighted by molar-refractivity contribution is 9.10. The molecule has 0 saturated carbocycles. The first-order valence-corrected chi connectivity index (χ1v) is 12.0. The summed E-state index contributed by atoms with van der Waals surface area (Å²) in [6.07, 6.45) is 5.96. The third-order valence-electron chi connectivity index (χ3n) is 4.47. The van der Waals surface area contributed by atoms with Gasteiger partial charge in [-0.15, -0.1) is 0 Å². The Hall–Kier alpha value is -1.15. The van der Waals surface area contributed by atoms with Crippen molar-refractivity contribution in [2.24, 2.45) is 5.92 Å². The molecule has 0 unspecified atom stereocenters. The highest BCUT2D eigenvalue weighted by Gasteiger charge is 2.21. The molecular formula is C19H30BrFN2O3S. The zero-order chi connectivity index (χ0) is 20.4. The minimum absolute atomic E-state index is 0.00767. The molecule has 0 aromatic heterocycles. The fourth-order valence-electron chi connectivity index (χ4n) is 2.82. The molecule has 0 aliphatic heterocycles. The highest BCUT2D eigenvalue weighted by atomic mass is 79.9. The molecule has 0 fully saturated rings. The summed E-state index contributed by atoms with van der Waals surface area (Å²) in [4.78, 5) is 12.1.